The lowest BCUT2D eigenvalue weighted by atomic mass is 10.1. The third kappa shape index (κ3) is 1.72. The number of fused-ring (bicyclic) bond motifs is 1. The molecule has 13 heavy (non-hydrogen) atoms. The highest BCUT2D eigenvalue weighted by molar-refractivity contribution is 5.85. The second-order valence-electron chi connectivity index (χ2n) is 2.78. The van der Waals surface area contributed by atoms with Crippen LogP contribution in [0.5, 0.6) is 0 Å². The smallest absolute Gasteiger partial charge is 0.269 e. The van der Waals surface area contributed by atoms with Crippen molar-refractivity contribution in [3.63, 3.8) is 0 Å². The van der Waals surface area contributed by atoms with Gasteiger partial charge >= 0.3 is 0 Å². The summed E-state index contributed by atoms with van der Waals surface area (Å²) in [5.74, 6) is 0. The van der Waals surface area contributed by atoms with Crippen molar-refractivity contribution in [1.82, 2.24) is 0 Å². The maximum Gasteiger partial charge on any atom is 0.269 e. The molecule has 0 aromatic heterocycles. The molecule has 1 aromatic carbocycles. The third-order valence-corrected chi connectivity index (χ3v) is 2.01. The summed E-state index contributed by atoms with van der Waals surface area (Å²) in [6.45, 7) is 0.885. The Hall–Kier alpha value is -1.29. The molecule has 0 saturated heterocycles. The Bertz CT molecular complexity index is 341. The number of halogens is 1. The van der Waals surface area contributed by atoms with Gasteiger partial charge in [-0.25, -0.2) is 0 Å². The Morgan fingerprint density at radius 2 is 2.23 bits per heavy atom. The number of nitro groups is 1. The van der Waals surface area contributed by atoms with E-state index in [9.17, 15) is 10.1 Å². The molecule has 1 heterocycles. The largest absolute Gasteiger partial charge is 0.384 e. The maximum atomic E-state index is 10.4. The van der Waals surface area contributed by atoms with Crippen LogP contribution in [0.2, 0.25) is 0 Å². The molecule has 70 valence electrons. The minimum atomic E-state index is -0.362. The predicted octanol–water partition coefficient (Wildman–Crippen LogP) is 1.98. The van der Waals surface area contributed by atoms with Crippen molar-refractivity contribution >= 4 is 23.8 Å². The molecule has 4 nitrogen and oxygen atoms in total. The van der Waals surface area contributed by atoms with E-state index in [1.54, 1.807) is 12.1 Å². The lowest BCUT2D eigenvalue weighted by molar-refractivity contribution is -0.384. The molecular weight excluding hydrogens is 192 g/mol. The highest BCUT2D eigenvalue weighted by atomic mass is 35.5. The summed E-state index contributed by atoms with van der Waals surface area (Å²) in [5.41, 5.74) is 2.25. The molecule has 1 aliphatic heterocycles. The summed E-state index contributed by atoms with van der Waals surface area (Å²) in [7, 11) is 0. The van der Waals surface area contributed by atoms with Gasteiger partial charge in [-0.2, -0.15) is 0 Å². The number of anilines is 1. The van der Waals surface area contributed by atoms with Crippen LogP contribution in [-0.2, 0) is 6.42 Å². The van der Waals surface area contributed by atoms with Crippen LogP contribution in [0.4, 0.5) is 11.4 Å². The summed E-state index contributed by atoms with van der Waals surface area (Å²) < 4.78 is 0. The van der Waals surface area contributed by atoms with Gasteiger partial charge in [-0.1, -0.05) is 0 Å². The highest BCUT2D eigenvalue weighted by Crippen LogP contribution is 2.25. The molecule has 0 spiro atoms. The van der Waals surface area contributed by atoms with Gasteiger partial charge in [0.25, 0.3) is 5.69 Å². The van der Waals surface area contributed by atoms with Crippen LogP contribution in [0, 0.1) is 10.1 Å². The Balaban J connectivity index is 0.000000845. The van der Waals surface area contributed by atoms with Crippen molar-refractivity contribution in [2.45, 2.75) is 6.42 Å². The summed E-state index contributed by atoms with van der Waals surface area (Å²) in [6, 6.07) is 4.92. The minimum Gasteiger partial charge on any atom is -0.384 e. The second kappa shape index (κ2) is 3.62. The zero-order valence-corrected chi connectivity index (χ0v) is 7.63. The van der Waals surface area contributed by atoms with Crippen molar-refractivity contribution in [1.29, 1.82) is 0 Å². The van der Waals surface area contributed by atoms with Gasteiger partial charge in [-0.3, -0.25) is 10.1 Å². The molecule has 0 radical (unpaired) electrons. The molecule has 5 heteroatoms. The minimum absolute atomic E-state index is 0. The molecule has 0 aliphatic carbocycles. The molecule has 0 atom stereocenters. The van der Waals surface area contributed by atoms with E-state index in [-0.39, 0.29) is 23.0 Å². The number of hydrogen-bond acceptors (Lipinski definition) is 3. The summed E-state index contributed by atoms with van der Waals surface area (Å²) in [6.07, 6.45) is 0.886. The normalized spacial score (nSPS) is 12.6. The predicted molar refractivity (Wildman–Crippen MR) is 52.5 cm³/mol. The number of nitrogens with zero attached hydrogens (tertiary/aromatic N) is 1. The molecule has 0 amide bonds. The van der Waals surface area contributed by atoms with Crippen LogP contribution in [0.3, 0.4) is 0 Å². The average Bonchev–Trinajstić information content (AvgIpc) is 2.49. The zero-order chi connectivity index (χ0) is 8.55. The topological polar surface area (TPSA) is 55.2 Å². The molecule has 1 aliphatic rings. The number of non-ortho nitro benzene ring substituents is 1. The van der Waals surface area contributed by atoms with E-state index < -0.39 is 0 Å². The van der Waals surface area contributed by atoms with Gasteiger partial charge in [0.1, 0.15) is 0 Å². The molecule has 1 N–H and O–H groups in total. The van der Waals surface area contributed by atoms with Crippen LogP contribution < -0.4 is 5.32 Å². The monoisotopic (exact) mass is 200 g/mol. The van der Waals surface area contributed by atoms with E-state index in [1.807, 2.05) is 0 Å². The van der Waals surface area contributed by atoms with E-state index in [4.69, 9.17) is 0 Å². The van der Waals surface area contributed by atoms with E-state index in [0.717, 1.165) is 24.2 Å². The van der Waals surface area contributed by atoms with E-state index >= 15 is 0 Å². The molecular formula is C8H9ClN2O2. The molecule has 0 bridgehead atoms. The van der Waals surface area contributed by atoms with Crippen molar-refractivity contribution in [2.24, 2.45) is 0 Å². The van der Waals surface area contributed by atoms with E-state index in [0.29, 0.717) is 0 Å². The zero-order valence-electron chi connectivity index (χ0n) is 6.82. The lowest BCUT2D eigenvalue weighted by Gasteiger charge is -1.97. The van der Waals surface area contributed by atoms with E-state index in [1.165, 1.54) is 6.07 Å². The number of rotatable bonds is 1. The summed E-state index contributed by atoms with van der Waals surface area (Å²) >= 11 is 0. The van der Waals surface area contributed by atoms with Crippen LogP contribution in [-0.4, -0.2) is 11.5 Å². The van der Waals surface area contributed by atoms with Crippen LogP contribution in [0.15, 0.2) is 18.2 Å². The molecule has 0 saturated carbocycles. The van der Waals surface area contributed by atoms with Crippen molar-refractivity contribution in [3.05, 3.63) is 33.9 Å². The molecule has 1 aromatic rings. The molecule has 0 unspecified atom stereocenters. The number of nitro benzene ring substituents is 1. The fourth-order valence-corrected chi connectivity index (χ4v) is 1.40. The van der Waals surface area contributed by atoms with Crippen LogP contribution >= 0.6 is 12.4 Å². The van der Waals surface area contributed by atoms with Crippen molar-refractivity contribution in [3.8, 4) is 0 Å². The first-order chi connectivity index (χ1) is 5.77. The maximum absolute atomic E-state index is 10.4. The molecule has 2 rings (SSSR count). The van der Waals surface area contributed by atoms with Crippen LogP contribution in [0.1, 0.15) is 5.56 Å². The number of hydrogen-bond donors (Lipinski definition) is 1. The molecule has 0 fully saturated rings. The Morgan fingerprint density at radius 1 is 1.46 bits per heavy atom. The third-order valence-electron chi connectivity index (χ3n) is 2.01. The summed E-state index contributed by atoms with van der Waals surface area (Å²) in [4.78, 5) is 10.0. The standard InChI is InChI=1S/C8H8N2O2.ClH/c11-10(12)7-1-2-8-6(5-7)3-4-9-8;/h1-2,5,9H,3-4H2;1H. The SMILES string of the molecule is Cl.O=[N+]([O-])c1ccc2c(c1)CCN2. The highest BCUT2D eigenvalue weighted by Gasteiger charge is 2.13. The Labute approximate surface area is 81.5 Å². The first-order valence-electron chi connectivity index (χ1n) is 3.78. The van der Waals surface area contributed by atoms with Gasteiger partial charge < -0.3 is 5.32 Å². The average molecular weight is 201 g/mol. The fraction of sp³-hybridized carbons (Fsp3) is 0.250. The Kier molecular flexibility index (Phi) is 2.72. The van der Waals surface area contributed by atoms with Gasteiger partial charge in [0.2, 0.25) is 0 Å². The van der Waals surface area contributed by atoms with Gasteiger partial charge in [0.05, 0.1) is 4.92 Å². The van der Waals surface area contributed by atoms with E-state index in [2.05, 4.69) is 5.32 Å². The van der Waals surface area contributed by atoms with Gasteiger partial charge in [0.15, 0.2) is 0 Å². The van der Waals surface area contributed by atoms with Crippen LogP contribution in [0.25, 0.3) is 0 Å². The number of benzene rings is 1. The first kappa shape index (κ1) is 9.80. The van der Waals surface area contributed by atoms with Gasteiger partial charge in [0, 0.05) is 24.4 Å². The second-order valence-corrected chi connectivity index (χ2v) is 2.78. The van der Waals surface area contributed by atoms with Crippen molar-refractivity contribution in [2.75, 3.05) is 11.9 Å². The fourth-order valence-electron chi connectivity index (χ4n) is 1.40. The van der Waals surface area contributed by atoms with Gasteiger partial charge in [-0.05, 0) is 18.1 Å². The Morgan fingerprint density at radius 3 is 2.92 bits per heavy atom. The quantitative estimate of drug-likeness (QED) is 0.557. The van der Waals surface area contributed by atoms with Crippen molar-refractivity contribution < 1.29 is 4.92 Å². The lowest BCUT2D eigenvalue weighted by Crippen LogP contribution is -1.90. The first-order valence-corrected chi connectivity index (χ1v) is 3.78. The van der Waals surface area contributed by atoms with Gasteiger partial charge in [-0.15, -0.1) is 12.4 Å². The summed E-state index contributed by atoms with van der Waals surface area (Å²) in [5, 5.41) is 13.5. The number of nitrogens with one attached hydrogen (secondary N) is 1.